The van der Waals surface area contributed by atoms with Gasteiger partial charge in [0.2, 0.25) is 5.91 Å². The predicted octanol–water partition coefficient (Wildman–Crippen LogP) is 2.60. The first kappa shape index (κ1) is 16.8. The van der Waals surface area contributed by atoms with Crippen molar-refractivity contribution in [3.63, 3.8) is 0 Å². The van der Waals surface area contributed by atoms with E-state index in [1.807, 2.05) is 0 Å². The van der Waals surface area contributed by atoms with E-state index in [9.17, 15) is 4.79 Å². The minimum atomic E-state index is 0. The van der Waals surface area contributed by atoms with E-state index in [2.05, 4.69) is 45.3 Å². The minimum Gasteiger partial charge on any atom is -0.355 e. The molecule has 2 N–H and O–H groups in total. The Labute approximate surface area is 123 Å². The van der Waals surface area contributed by atoms with Gasteiger partial charge in [-0.25, -0.2) is 0 Å². The SMILES string of the molecule is CC1(CNC(=O)C2C(C)(C)C2(C)C)CCCNC1.Cl. The molecule has 1 amide bonds. The van der Waals surface area contributed by atoms with Crippen LogP contribution in [0.3, 0.4) is 0 Å². The molecule has 3 nitrogen and oxygen atoms in total. The van der Waals surface area contributed by atoms with Crippen LogP contribution >= 0.6 is 12.4 Å². The van der Waals surface area contributed by atoms with Crippen LogP contribution in [0.4, 0.5) is 0 Å². The first-order valence-corrected chi connectivity index (χ1v) is 7.19. The number of hydrogen-bond acceptors (Lipinski definition) is 2. The van der Waals surface area contributed by atoms with E-state index in [-0.39, 0.29) is 40.5 Å². The van der Waals surface area contributed by atoms with Crippen LogP contribution in [0.5, 0.6) is 0 Å². The Hall–Kier alpha value is -0.280. The van der Waals surface area contributed by atoms with Crippen molar-refractivity contribution in [2.45, 2.75) is 47.5 Å². The van der Waals surface area contributed by atoms with Crippen molar-refractivity contribution in [1.82, 2.24) is 10.6 Å². The quantitative estimate of drug-likeness (QED) is 0.838. The van der Waals surface area contributed by atoms with Crippen molar-refractivity contribution in [3.8, 4) is 0 Å². The van der Waals surface area contributed by atoms with Crippen LogP contribution in [-0.4, -0.2) is 25.5 Å². The molecule has 0 aromatic rings. The standard InChI is InChI=1S/C15H28N2O.ClH/c1-13(2)11(14(13,3)4)12(18)17-10-15(5)7-6-8-16-9-15;/h11,16H,6-10H2,1-5H3,(H,17,18);1H. The number of halogens is 1. The molecule has 19 heavy (non-hydrogen) atoms. The van der Waals surface area contributed by atoms with E-state index >= 15 is 0 Å². The number of nitrogens with one attached hydrogen (secondary N) is 2. The van der Waals surface area contributed by atoms with Crippen molar-refractivity contribution in [2.24, 2.45) is 22.2 Å². The summed E-state index contributed by atoms with van der Waals surface area (Å²) in [6.45, 7) is 14.0. The summed E-state index contributed by atoms with van der Waals surface area (Å²) in [7, 11) is 0. The van der Waals surface area contributed by atoms with Gasteiger partial charge in [0.15, 0.2) is 0 Å². The molecular formula is C15H29ClN2O. The number of piperidine rings is 1. The Morgan fingerprint density at radius 1 is 1.21 bits per heavy atom. The zero-order valence-electron chi connectivity index (χ0n) is 12.9. The van der Waals surface area contributed by atoms with Crippen molar-refractivity contribution in [2.75, 3.05) is 19.6 Å². The molecule has 2 rings (SSSR count). The van der Waals surface area contributed by atoms with Gasteiger partial charge in [-0.3, -0.25) is 4.79 Å². The molecule has 1 atom stereocenters. The maximum absolute atomic E-state index is 12.3. The monoisotopic (exact) mass is 288 g/mol. The van der Waals surface area contributed by atoms with Crippen LogP contribution < -0.4 is 10.6 Å². The van der Waals surface area contributed by atoms with Gasteiger partial charge >= 0.3 is 0 Å². The summed E-state index contributed by atoms with van der Waals surface area (Å²) >= 11 is 0. The molecule has 0 radical (unpaired) electrons. The molecule has 1 heterocycles. The summed E-state index contributed by atoms with van der Waals surface area (Å²) in [6, 6.07) is 0. The lowest BCUT2D eigenvalue weighted by Crippen LogP contribution is -2.46. The second-order valence-corrected chi connectivity index (χ2v) is 7.69. The lowest BCUT2D eigenvalue weighted by atomic mass is 9.83. The van der Waals surface area contributed by atoms with Gasteiger partial charge in [-0.2, -0.15) is 0 Å². The maximum atomic E-state index is 12.3. The van der Waals surface area contributed by atoms with Gasteiger partial charge in [0.25, 0.3) is 0 Å². The lowest BCUT2D eigenvalue weighted by molar-refractivity contribution is -0.124. The molecule has 4 heteroatoms. The van der Waals surface area contributed by atoms with E-state index in [0.717, 1.165) is 19.6 Å². The molecular weight excluding hydrogens is 260 g/mol. The van der Waals surface area contributed by atoms with Crippen LogP contribution in [0.15, 0.2) is 0 Å². The fourth-order valence-electron chi connectivity index (χ4n) is 3.52. The van der Waals surface area contributed by atoms with Gasteiger partial charge in [-0.05, 0) is 35.6 Å². The van der Waals surface area contributed by atoms with Crippen LogP contribution in [-0.2, 0) is 4.79 Å². The zero-order valence-corrected chi connectivity index (χ0v) is 13.7. The highest BCUT2D eigenvalue weighted by Crippen LogP contribution is 2.68. The Morgan fingerprint density at radius 3 is 2.21 bits per heavy atom. The summed E-state index contributed by atoms with van der Waals surface area (Å²) in [5, 5.41) is 6.61. The van der Waals surface area contributed by atoms with E-state index < -0.39 is 0 Å². The Kier molecular flexibility index (Phi) is 4.63. The van der Waals surface area contributed by atoms with E-state index in [4.69, 9.17) is 0 Å². The Morgan fingerprint density at radius 2 is 1.79 bits per heavy atom. The molecule has 1 unspecified atom stereocenters. The molecule has 2 fully saturated rings. The van der Waals surface area contributed by atoms with Gasteiger partial charge in [0, 0.05) is 19.0 Å². The first-order chi connectivity index (χ1) is 8.21. The third-order valence-electron chi connectivity index (χ3n) is 5.66. The molecule has 0 spiro atoms. The van der Waals surface area contributed by atoms with Gasteiger partial charge in [-0.15, -0.1) is 12.4 Å². The number of carbonyl (C=O) groups is 1. The number of hydrogen-bond donors (Lipinski definition) is 2. The largest absolute Gasteiger partial charge is 0.355 e. The van der Waals surface area contributed by atoms with Crippen LogP contribution in [0.2, 0.25) is 0 Å². The third kappa shape index (κ3) is 2.92. The number of carbonyl (C=O) groups excluding carboxylic acids is 1. The third-order valence-corrected chi connectivity index (χ3v) is 5.66. The molecule has 0 aromatic carbocycles. The van der Waals surface area contributed by atoms with Crippen LogP contribution in [0, 0.1) is 22.2 Å². The second-order valence-electron chi connectivity index (χ2n) is 7.69. The normalized spacial score (nSPS) is 32.3. The fraction of sp³-hybridized carbons (Fsp3) is 0.933. The van der Waals surface area contributed by atoms with Crippen molar-refractivity contribution in [1.29, 1.82) is 0 Å². The molecule has 1 saturated carbocycles. The predicted molar refractivity (Wildman–Crippen MR) is 81.5 cm³/mol. The van der Waals surface area contributed by atoms with E-state index in [1.54, 1.807) is 0 Å². The molecule has 1 saturated heterocycles. The van der Waals surface area contributed by atoms with Crippen molar-refractivity contribution < 1.29 is 4.79 Å². The van der Waals surface area contributed by atoms with Crippen LogP contribution in [0.1, 0.15) is 47.5 Å². The van der Waals surface area contributed by atoms with Gasteiger partial charge in [0.1, 0.15) is 0 Å². The molecule has 2 aliphatic rings. The average molecular weight is 289 g/mol. The van der Waals surface area contributed by atoms with Crippen molar-refractivity contribution >= 4 is 18.3 Å². The first-order valence-electron chi connectivity index (χ1n) is 7.19. The summed E-state index contributed by atoms with van der Waals surface area (Å²) < 4.78 is 0. The number of rotatable bonds is 3. The smallest absolute Gasteiger partial charge is 0.224 e. The minimum absolute atomic E-state index is 0. The zero-order chi connectivity index (χ0) is 13.6. The summed E-state index contributed by atoms with van der Waals surface area (Å²) in [4.78, 5) is 12.3. The summed E-state index contributed by atoms with van der Waals surface area (Å²) in [6.07, 6.45) is 2.42. The van der Waals surface area contributed by atoms with Gasteiger partial charge in [-0.1, -0.05) is 34.6 Å². The van der Waals surface area contributed by atoms with E-state index in [1.165, 1.54) is 12.8 Å². The Bertz CT molecular complexity index is 332. The average Bonchev–Trinajstić information content (AvgIpc) is 2.68. The molecule has 1 aliphatic heterocycles. The Balaban J connectivity index is 0.00000180. The fourth-order valence-corrected chi connectivity index (χ4v) is 3.52. The molecule has 0 aromatic heterocycles. The van der Waals surface area contributed by atoms with Gasteiger partial charge in [0.05, 0.1) is 0 Å². The summed E-state index contributed by atoms with van der Waals surface area (Å²) in [5.74, 6) is 0.418. The van der Waals surface area contributed by atoms with Crippen molar-refractivity contribution in [3.05, 3.63) is 0 Å². The lowest BCUT2D eigenvalue weighted by Gasteiger charge is -2.34. The summed E-state index contributed by atoms with van der Waals surface area (Å²) in [5.41, 5.74) is 0.517. The highest BCUT2D eigenvalue weighted by Gasteiger charge is 2.68. The van der Waals surface area contributed by atoms with Crippen LogP contribution in [0.25, 0.3) is 0 Å². The maximum Gasteiger partial charge on any atom is 0.224 e. The number of amides is 1. The molecule has 112 valence electrons. The van der Waals surface area contributed by atoms with Gasteiger partial charge < -0.3 is 10.6 Å². The topological polar surface area (TPSA) is 41.1 Å². The second kappa shape index (κ2) is 5.25. The highest BCUT2D eigenvalue weighted by atomic mass is 35.5. The molecule has 1 aliphatic carbocycles. The highest BCUT2D eigenvalue weighted by molar-refractivity contribution is 5.85. The molecule has 0 bridgehead atoms. The van der Waals surface area contributed by atoms with E-state index in [0.29, 0.717) is 0 Å².